The molecule has 0 atom stereocenters. The average Bonchev–Trinajstić information content (AvgIpc) is 3.28. The number of carbonyl (C=O) groups is 2. The first-order chi connectivity index (χ1) is 18.4. The number of H-pyrrole nitrogens is 1. The van der Waals surface area contributed by atoms with E-state index in [1.165, 1.54) is 18.3 Å². The summed E-state index contributed by atoms with van der Waals surface area (Å²) in [6.45, 7) is 0. The van der Waals surface area contributed by atoms with E-state index in [0.717, 1.165) is 26.5 Å². The van der Waals surface area contributed by atoms with Crippen LogP contribution < -0.4 is 10.2 Å². The van der Waals surface area contributed by atoms with E-state index in [-0.39, 0.29) is 16.3 Å². The second-order valence-electron chi connectivity index (χ2n) is 8.18. The quantitative estimate of drug-likeness (QED) is 0.0892. The summed E-state index contributed by atoms with van der Waals surface area (Å²) in [5.41, 5.74) is 6.08. The second kappa shape index (κ2) is 11.2. The molecule has 38 heavy (non-hydrogen) atoms. The van der Waals surface area contributed by atoms with Gasteiger partial charge in [-0.1, -0.05) is 81.6 Å². The SMILES string of the molecule is O=C(Oc1ccccc1C=NNC(=O)c1[nH]c2ccc(Br)cc2c1-c1ccccc1)c1ccc(Cl)cc1Cl. The molecule has 0 spiro atoms. The van der Waals surface area contributed by atoms with Gasteiger partial charge < -0.3 is 9.72 Å². The van der Waals surface area contributed by atoms with Crippen molar-refractivity contribution in [3.63, 3.8) is 0 Å². The maximum atomic E-state index is 13.2. The fourth-order valence-corrected chi connectivity index (χ4v) is 4.79. The van der Waals surface area contributed by atoms with Gasteiger partial charge in [0.05, 0.1) is 16.8 Å². The van der Waals surface area contributed by atoms with Gasteiger partial charge in [-0.2, -0.15) is 5.10 Å². The molecular weight excluding hydrogens is 589 g/mol. The van der Waals surface area contributed by atoms with Gasteiger partial charge in [0.2, 0.25) is 0 Å². The zero-order chi connectivity index (χ0) is 26.6. The Hall–Kier alpha value is -3.91. The van der Waals surface area contributed by atoms with E-state index in [2.05, 4.69) is 31.4 Å². The average molecular weight is 607 g/mol. The molecule has 4 aromatic carbocycles. The van der Waals surface area contributed by atoms with Crippen molar-refractivity contribution < 1.29 is 14.3 Å². The largest absolute Gasteiger partial charge is 0.422 e. The Kier molecular flexibility index (Phi) is 7.60. The van der Waals surface area contributed by atoms with Gasteiger partial charge in [-0.05, 0) is 54.1 Å². The summed E-state index contributed by atoms with van der Waals surface area (Å²) in [5.74, 6) is -0.815. The summed E-state index contributed by atoms with van der Waals surface area (Å²) in [6, 6.07) is 26.7. The number of esters is 1. The Morgan fingerprint density at radius 3 is 2.47 bits per heavy atom. The monoisotopic (exact) mass is 605 g/mol. The van der Waals surface area contributed by atoms with Crippen LogP contribution in [0.25, 0.3) is 22.0 Å². The molecule has 1 aromatic heterocycles. The highest BCUT2D eigenvalue weighted by Crippen LogP contribution is 2.34. The van der Waals surface area contributed by atoms with Gasteiger partial charge in [0, 0.05) is 31.5 Å². The van der Waals surface area contributed by atoms with E-state index < -0.39 is 11.9 Å². The van der Waals surface area contributed by atoms with Crippen molar-refractivity contribution in [1.29, 1.82) is 0 Å². The van der Waals surface area contributed by atoms with Crippen molar-refractivity contribution in [3.8, 4) is 16.9 Å². The third-order valence-electron chi connectivity index (χ3n) is 5.69. The smallest absolute Gasteiger partial charge is 0.345 e. The van der Waals surface area contributed by atoms with Crippen molar-refractivity contribution in [3.05, 3.63) is 122 Å². The number of hydrogen-bond acceptors (Lipinski definition) is 4. The molecule has 9 heteroatoms. The molecular formula is C29H18BrCl2N3O3. The Morgan fingerprint density at radius 2 is 1.68 bits per heavy atom. The van der Waals surface area contributed by atoms with Crippen LogP contribution in [-0.2, 0) is 0 Å². The van der Waals surface area contributed by atoms with Crippen LogP contribution in [0, 0.1) is 0 Å². The van der Waals surface area contributed by atoms with Crippen molar-refractivity contribution in [2.45, 2.75) is 0 Å². The number of nitrogens with one attached hydrogen (secondary N) is 2. The molecule has 5 aromatic rings. The first-order valence-corrected chi connectivity index (χ1v) is 12.9. The molecule has 0 aliphatic carbocycles. The fourth-order valence-electron chi connectivity index (χ4n) is 3.95. The lowest BCUT2D eigenvalue weighted by atomic mass is 10.0. The summed E-state index contributed by atoms with van der Waals surface area (Å²) in [5, 5.41) is 5.61. The van der Waals surface area contributed by atoms with Crippen molar-refractivity contribution in [1.82, 2.24) is 10.4 Å². The van der Waals surface area contributed by atoms with Crippen LogP contribution in [0.15, 0.2) is 101 Å². The van der Waals surface area contributed by atoms with Crippen LogP contribution >= 0.6 is 39.1 Å². The summed E-state index contributed by atoms with van der Waals surface area (Å²) < 4.78 is 6.44. The molecule has 2 N–H and O–H groups in total. The molecule has 0 radical (unpaired) electrons. The number of amides is 1. The summed E-state index contributed by atoms with van der Waals surface area (Å²) >= 11 is 15.6. The minimum Gasteiger partial charge on any atom is -0.422 e. The Bertz CT molecular complexity index is 1700. The molecule has 188 valence electrons. The maximum Gasteiger partial charge on any atom is 0.345 e. The molecule has 0 unspecified atom stereocenters. The van der Waals surface area contributed by atoms with Crippen molar-refractivity contribution in [2.75, 3.05) is 0 Å². The molecule has 5 rings (SSSR count). The third-order valence-corrected chi connectivity index (χ3v) is 6.73. The van der Waals surface area contributed by atoms with Crippen LogP contribution in [0.2, 0.25) is 10.0 Å². The lowest BCUT2D eigenvalue weighted by Crippen LogP contribution is -2.19. The van der Waals surface area contributed by atoms with Crippen LogP contribution in [0.5, 0.6) is 5.75 Å². The van der Waals surface area contributed by atoms with Crippen LogP contribution in [0.1, 0.15) is 26.4 Å². The number of carbonyl (C=O) groups excluding carboxylic acids is 2. The molecule has 6 nitrogen and oxygen atoms in total. The van der Waals surface area contributed by atoms with Crippen molar-refractivity contribution in [2.24, 2.45) is 5.10 Å². The van der Waals surface area contributed by atoms with E-state index in [1.54, 1.807) is 30.3 Å². The highest BCUT2D eigenvalue weighted by molar-refractivity contribution is 9.10. The third kappa shape index (κ3) is 5.50. The number of aromatic nitrogens is 1. The Labute approximate surface area is 236 Å². The normalized spacial score (nSPS) is 11.1. The zero-order valence-electron chi connectivity index (χ0n) is 19.5. The van der Waals surface area contributed by atoms with Crippen LogP contribution in [0.4, 0.5) is 0 Å². The first-order valence-electron chi connectivity index (χ1n) is 11.4. The molecule has 0 aliphatic heterocycles. The van der Waals surface area contributed by atoms with E-state index in [0.29, 0.717) is 16.3 Å². The molecule has 0 aliphatic rings. The highest BCUT2D eigenvalue weighted by Gasteiger charge is 2.19. The summed E-state index contributed by atoms with van der Waals surface area (Å²) in [6.07, 6.45) is 1.41. The molecule has 0 saturated carbocycles. The lowest BCUT2D eigenvalue weighted by Gasteiger charge is -2.08. The van der Waals surface area contributed by atoms with Crippen molar-refractivity contribution >= 4 is 68.1 Å². The van der Waals surface area contributed by atoms with Gasteiger partial charge in [-0.3, -0.25) is 4.79 Å². The number of fused-ring (bicyclic) bond motifs is 1. The topological polar surface area (TPSA) is 83.5 Å². The minimum atomic E-state index is -0.645. The van der Waals surface area contributed by atoms with E-state index in [1.807, 2.05) is 48.5 Å². The first kappa shape index (κ1) is 25.7. The van der Waals surface area contributed by atoms with Gasteiger partial charge in [0.15, 0.2) is 0 Å². The molecule has 0 saturated heterocycles. The number of nitrogens with zero attached hydrogens (tertiary/aromatic N) is 1. The van der Waals surface area contributed by atoms with E-state index >= 15 is 0 Å². The summed E-state index contributed by atoms with van der Waals surface area (Å²) in [4.78, 5) is 29.1. The highest BCUT2D eigenvalue weighted by atomic mass is 79.9. The fraction of sp³-hybridized carbons (Fsp3) is 0. The number of halogens is 3. The molecule has 1 amide bonds. The van der Waals surface area contributed by atoms with E-state index in [4.69, 9.17) is 27.9 Å². The number of ether oxygens (including phenoxy) is 1. The predicted octanol–water partition coefficient (Wildman–Crippen LogP) is 7.89. The second-order valence-corrected chi connectivity index (χ2v) is 9.94. The van der Waals surface area contributed by atoms with E-state index in [9.17, 15) is 9.59 Å². The lowest BCUT2D eigenvalue weighted by molar-refractivity contribution is 0.0734. The van der Waals surface area contributed by atoms with Crippen LogP contribution in [-0.4, -0.2) is 23.1 Å². The predicted molar refractivity (Wildman–Crippen MR) is 154 cm³/mol. The van der Waals surface area contributed by atoms with Gasteiger partial charge in [-0.15, -0.1) is 0 Å². The summed E-state index contributed by atoms with van der Waals surface area (Å²) in [7, 11) is 0. The van der Waals surface area contributed by atoms with Gasteiger partial charge in [-0.25, -0.2) is 10.2 Å². The minimum absolute atomic E-state index is 0.176. The number of hydrogen-bond donors (Lipinski definition) is 2. The number of benzene rings is 4. The maximum absolute atomic E-state index is 13.2. The zero-order valence-corrected chi connectivity index (χ0v) is 22.6. The van der Waals surface area contributed by atoms with Gasteiger partial charge in [0.25, 0.3) is 5.91 Å². The number of hydrazone groups is 1. The number of para-hydroxylation sites is 1. The van der Waals surface area contributed by atoms with Gasteiger partial charge >= 0.3 is 5.97 Å². The Balaban J connectivity index is 1.39. The standard InChI is InChI=1S/C29H18BrCl2N3O3/c30-19-10-13-24-22(14-19)26(17-6-2-1-3-7-17)27(34-24)28(36)35-33-16-18-8-4-5-9-25(18)38-29(37)21-12-11-20(31)15-23(21)32/h1-16,34H,(H,35,36). The number of rotatable bonds is 6. The molecule has 1 heterocycles. The Morgan fingerprint density at radius 1 is 0.921 bits per heavy atom. The van der Waals surface area contributed by atoms with Crippen LogP contribution in [0.3, 0.4) is 0 Å². The molecule has 0 bridgehead atoms. The number of aromatic amines is 1. The molecule has 0 fully saturated rings. The van der Waals surface area contributed by atoms with Gasteiger partial charge in [0.1, 0.15) is 11.4 Å².